The van der Waals surface area contributed by atoms with Gasteiger partial charge in [0, 0.05) is 13.1 Å². The van der Waals surface area contributed by atoms with Crippen LogP contribution >= 0.6 is 0 Å². The first kappa shape index (κ1) is 15.9. The maximum absolute atomic E-state index is 12.4. The summed E-state index contributed by atoms with van der Waals surface area (Å²) in [5.41, 5.74) is 1.90. The van der Waals surface area contributed by atoms with Gasteiger partial charge in [0.25, 0.3) is 5.91 Å². The summed E-state index contributed by atoms with van der Waals surface area (Å²) in [7, 11) is 0. The van der Waals surface area contributed by atoms with Crippen molar-refractivity contribution in [3.05, 3.63) is 66.5 Å². The predicted molar refractivity (Wildman–Crippen MR) is 92.6 cm³/mol. The van der Waals surface area contributed by atoms with Gasteiger partial charge in [0.1, 0.15) is 6.33 Å². The van der Waals surface area contributed by atoms with Crippen molar-refractivity contribution < 1.29 is 9.53 Å². The van der Waals surface area contributed by atoms with Gasteiger partial charge in [-0.1, -0.05) is 42.5 Å². The lowest BCUT2D eigenvalue weighted by Gasteiger charge is -2.21. The Bertz CT molecular complexity index is 816. The van der Waals surface area contributed by atoms with E-state index in [1.807, 2.05) is 61.5 Å². The lowest BCUT2D eigenvalue weighted by molar-refractivity contribution is -0.133. The Morgan fingerprint density at radius 1 is 1.04 bits per heavy atom. The molecule has 1 heterocycles. The minimum atomic E-state index is -0.0657. The molecule has 5 nitrogen and oxygen atoms in total. The third kappa shape index (κ3) is 3.68. The molecule has 1 aromatic heterocycles. The van der Waals surface area contributed by atoms with E-state index in [-0.39, 0.29) is 12.5 Å². The summed E-state index contributed by atoms with van der Waals surface area (Å²) in [6.07, 6.45) is 1.45. The molecule has 2 aromatic carbocycles. The summed E-state index contributed by atoms with van der Waals surface area (Å²) in [5.74, 6) is 0.369. The van der Waals surface area contributed by atoms with Gasteiger partial charge in [0.05, 0.1) is 10.9 Å². The van der Waals surface area contributed by atoms with E-state index in [1.54, 1.807) is 4.90 Å². The first-order valence-corrected chi connectivity index (χ1v) is 7.92. The molecule has 3 aromatic rings. The lowest BCUT2D eigenvalue weighted by atomic mass is 10.2. The van der Waals surface area contributed by atoms with Crippen molar-refractivity contribution in [1.82, 2.24) is 14.9 Å². The van der Waals surface area contributed by atoms with Crippen molar-refractivity contribution in [2.24, 2.45) is 0 Å². The van der Waals surface area contributed by atoms with Crippen LogP contribution < -0.4 is 4.74 Å². The second kappa shape index (κ2) is 7.55. The van der Waals surface area contributed by atoms with Crippen LogP contribution in [0.3, 0.4) is 0 Å². The van der Waals surface area contributed by atoms with E-state index < -0.39 is 0 Å². The van der Waals surface area contributed by atoms with E-state index in [0.29, 0.717) is 19.0 Å². The molecule has 0 radical (unpaired) electrons. The molecule has 0 N–H and O–H groups in total. The summed E-state index contributed by atoms with van der Waals surface area (Å²) in [4.78, 5) is 22.5. The van der Waals surface area contributed by atoms with Gasteiger partial charge in [-0.3, -0.25) is 4.79 Å². The Morgan fingerprint density at radius 2 is 1.79 bits per heavy atom. The monoisotopic (exact) mass is 321 g/mol. The second-order valence-corrected chi connectivity index (χ2v) is 5.38. The molecule has 0 saturated heterocycles. The van der Waals surface area contributed by atoms with Crippen LogP contribution in [0.25, 0.3) is 10.9 Å². The molecule has 0 atom stereocenters. The number of rotatable bonds is 6. The third-order valence-electron chi connectivity index (χ3n) is 3.79. The highest BCUT2D eigenvalue weighted by Crippen LogP contribution is 2.20. The number of amides is 1. The Hall–Kier alpha value is -2.95. The highest BCUT2D eigenvalue weighted by molar-refractivity contribution is 5.84. The van der Waals surface area contributed by atoms with Crippen LogP contribution in [0.1, 0.15) is 12.5 Å². The van der Waals surface area contributed by atoms with Gasteiger partial charge in [0.2, 0.25) is 5.88 Å². The number of likely N-dealkylation sites (N-methyl/N-ethyl adjacent to an activating group) is 1. The predicted octanol–water partition coefficient (Wildman–Crippen LogP) is 3.06. The van der Waals surface area contributed by atoms with Crippen molar-refractivity contribution in [2.75, 3.05) is 13.2 Å². The highest BCUT2D eigenvalue weighted by Gasteiger charge is 2.14. The summed E-state index contributed by atoms with van der Waals surface area (Å²) in [5, 5.41) is 0.805. The fourth-order valence-corrected chi connectivity index (χ4v) is 2.50. The largest absolute Gasteiger partial charge is 0.467 e. The molecule has 3 rings (SSSR count). The van der Waals surface area contributed by atoms with Gasteiger partial charge >= 0.3 is 0 Å². The number of carbonyl (C=O) groups is 1. The molecular weight excluding hydrogens is 302 g/mol. The molecule has 0 fully saturated rings. The van der Waals surface area contributed by atoms with Crippen molar-refractivity contribution in [3.63, 3.8) is 0 Å². The fraction of sp³-hybridized carbons (Fsp3) is 0.211. The van der Waals surface area contributed by atoms with E-state index in [9.17, 15) is 4.79 Å². The fourth-order valence-electron chi connectivity index (χ4n) is 2.50. The molecule has 0 aliphatic carbocycles. The average Bonchev–Trinajstić information content (AvgIpc) is 2.65. The standard InChI is InChI=1S/C19H19N3O2/c1-2-22(12-15-8-4-3-5-9-15)18(23)13-24-19-16-10-6-7-11-17(16)20-14-21-19/h3-11,14H,2,12-13H2,1H3. The maximum atomic E-state index is 12.4. The molecular formula is C19H19N3O2. The van der Waals surface area contributed by atoms with Crippen LogP contribution in [0, 0.1) is 0 Å². The number of ether oxygens (including phenoxy) is 1. The number of nitrogens with zero attached hydrogens (tertiary/aromatic N) is 3. The quantitative estimate of drug-likeness (QED) is 0.700. The normalized spacial score (nSPS) is 10.5. The topological polar surface area (TPSA) is 55.3 Å². The molecule has 0 aliphatic heterocycles. The molecule has 122 valence electrons. The molecule has 0 saturated carbocycles. The lowest BCUT2D eigenvalue weighted by Crippen LogP contribution is -2.34. The maximum Gasteiger partial charge on any atom is 0.260 e. The van der Waals surface area contributed by atoms with Crippen LogP contribution in [0.2, 0.25) is 0 Å². The minimum absolute atomic E-state index is 0.0400. The van der Waals surface area contributed by atoms with Crippen LogP contribution in [-0.4, -0.2) is 33.9 Å². The van der Waals surface area contributed by atoms with Gasteiger partial charge in [0.15, 0.2) is 6.61 Å². The van der Waals surface area contributed by atoms with Crippen molar-refractivity contribution in [2.45, 2.75) is 13.5 Å². The molecule has 24 heavy (non-hydrogen) atoms. The van der Waals surface area contributed by atoms with E-state index in [2.05, 4.69) is 9.97 Å². The minimum Gasteiger partial charge on any atom is -0.467 e. The Kier molecular flexibility index (Phi) is 5.01. The van der Waals surface area contributed by atoms with Crippen LogP contribution in [0.4, 0.5) is 0 Å². The molecule has 1 amide bonds. The molecule has 0 unspecified atom stereocenters. The first-order valence-electron chi connectivity index (χ1n) is 7.92. The Morgan fingerprint density at radius 3 is 2.58 bits per heavy atom. The number of aromatic nitrogens is 2. The zero-order chi connectivity index (χ0) is 16.8. The van der Waals surface area contributed by atoms with E-state index >= 15 is 0 Å². The van der Waals surface area contributed by atoms with Crippen molar-refractivity contribution >= 4 is 16.8 Å². The Labute approximate surface area is 140 Å². The third-order valence-corrected chi connectivity index (χ3v) is 3.79. The van der Waals surface area contributed by atoms with E-state index in [4.69, 9.17) is 4.74 Å². The summed E-state index contributed by atoms with van der Waals surface area (Å²) >= 11 is 0. The summed E-state index contributed by atoms with van der Waals surface area (Å²) in [6.45, 7) is 3.12. The Balaban J connectivity index is 1.67. The van der Waals surface area contributed by atoms with E-state index in [1.165, 1.54) is 6.33 Å². The number of para-hydroxylation sites is 1. The zero-order valence-electron chi connectivity index (χ0n) is 13.6. The molecule has 0 bridgehead atoms. The number of benzene rings is 2. The SMILES string of the molecule is CCN(Cc1ccccc1)C(=O)COc1ncnc2ccccc12. The number of fused-ring (bicyclic) bond motifs is 1. The highest BCUT2D eigenvalue weighted by atomic mass is 16.5. The smallest absolute Gasteiger partial charge is 0.260 e. The first-order chi connectivity index (χ1) is 11.8. The second-order valence-electron chi connectivity index (χ2n) is 5.38. The van der Waals surface area contributed by atoms with Crippen LogP contribution in [0.5, 0.6) is 5.88 Å². The zero-order valence-corrected chi connectivity index (χ0v) is 13.6. The molecule has 0 spiro atoms. The van der Waals surface area contributed by atoms with E-state index in [0.717, 1.165) is 16.5 Å². The van der Waals surface area contributed by atoms with Gasteiger partial charge in [-0.15, -0.1) is 0 Å². The number of hydrogen-bond acceptors (Lipinski definition) is 4. The number of hydrogen-bond donors (Lipinski definition) is 0. The number of carbonyl (C=O) groups excluding carboxylic acids is 1. The van der Waals surface area contributed by atoms with Crippen molar-refractivity contribution in [3.8, 4) is 5.88 Å². The average molecular weight is 321 g/mol. The van der Waals surface area contributed by atoms with Crippen LogP contribution in [0.15, 0.2) is 60.9 Å². The summed E-state index contributed by atoms with van der Waals surface area (Å²) < 4.78 is 5.66. The van der Waals surface area contributed by atoms with Gasteiger partial charge in [-0.05, 0) is 24.6 Å². The van der Waals surface area contributed by atoms with Gasteiger partial charge < -0.3 is 9.64 Å². The van der Waals surface area contributed by atoms with Gasteiger partial charge in [-0.2, -0.15) is 0 Å². The van der Waals surface area contributed by atoms with Crippen LogP contribution in [-0.2, 0) is 11.3 Å². The van der Waals surface area contributed by atoms with Crippen molar-refractivity contribution in [1.29, 1.82) is 0 Å². The molecule has 5 heteroatoms. The molecule has 0 aliphatic rings. The van der Waals surface area contributed by atoms with Gasteiger partial charge in [-0.25, -0.2) is 9.97 Å². The summed E-state index contributed by atoms with van der Waals surface area (Å²) in [6, 6.07) is 17.5.